The number of hydrogen-bond acceptors (Lipinski definition) is 5. The van der Waals surface area contributed by atoms with Crippen molar-refractivity contribution in [2.75, 3.05) is 13.1 Å². The summed E-state index contributed by atoms with van der Waals surface area (Å²) in [4.78, 5) is 18.8. The van der Waals surface area contributed by atoms with Crippen LogP contribution in [-0.4, -0.2) is 40.1 Å². The number of aromatic nitrogens is 2. The highest BCUT2D eigenvalue weighted by molar-refractivity contribution is 5.85. The third kappa shape index (κ3) is 4.40. The summed E-state index contributed by atoms with van der Waals surface area (Å²) >= 11 is 0. The van der Waals surface area contributed by atoms with Crippen LogP contribution in [0.1, 0.15) is 38.5 Å². The van der Waals surface area contributed by atoms with Crippen molar-refractivity contribution in [1.29, 1.82) is 0 Å². The van der Waals surface area contributed by atoms with Crippen molar-refractivity contribution >= 4 is 18.3 Å². The molecular formula is C18H24ClFN4O2. The maximum absolute atomic E-state index is 13.0. The lowest BCUT2D eigenvalue weighted by Gasteiger charge is -2.33. The van der Waals surface area contributed by atoms with Crippen molar-refractivity contribution in [1.82, 2.24) is 15.0 Å². The lowest BCUT2D eigenvalue weighted by atomic mass is 9.95. The predicted octanol–water partition coefficient (Wildman–Crippen LogP) is 2.99. The summed E-state index contributed by atoms with van der Waals surface area (Å²) in [6, 6.07) is 5.78. The van der Waals surface area contributed by atoms with Crippen LogP contribution in [0.2, 0.25) is 0 Å². The van der Waals surface area contributed by atoms with Crippen molar-refractivity contribution < 1.29 is 13.7 Å². The number of nitrogens with two attached hydrogens (primary N) is 1. The van der Waals surface area contributed by atoms with Gasteiger partial charge in [0.2, 0.25) is 17.6 Å². The SMILES string of the molecule is CC(N)C(C)C(=O)N1CCCC(c2nc(-c3ccc(F)cc3)no2)C1.Cl. The van der Waals surface area contributed by atoms with E-state index in [-0.39, 0.29) is 42.0 Å². The van der Waals surface area contributed by atoms with E-state index in [1.54, 1.807) is 12.1 Å². The molecule has 0 aliphatic carbocycles. The molecule has 0 radical (unpaired) electrons. The van der Waals surface area contributed by atoms with Crippen molar-refractivity contribution in [2.24, 2.45) is 11.7 Å². The molecule has 3 rings (SSSR count). The molecule has 26 heavy (non-hydrogen) atoms. The topological polar surface area (TPSA) is 85.3 Å². The minimum atomic E-state index is -0.308. The van der Waals surface area contributed by atoms with Gasteiger partial charge in [0, 0.05) is 24.7 Å². The molecule has 0 bridgehead atoms. The van der Waals surface area contributed by atoms with Gasteiger partial charge in [-0.15, -0.1) is 12.4 Å². The minimum Gasteiger partial charge on any atom is -0.342 e. The fourth-order valence-corrected chi connectivity index (χ4v) is 3.01. The van der Waals surface area contributed by atoms with Crippen molar-refractivity contribution in [3.63, 3.8) is 0 Å². The van der Waals surface area contributed by atoms with Gasteiger partial charge in [0.05, 0.1) is 11.8 Å². The molecule has 142 valence electrons. The Hall–Kier alpha value is -1.99. The summed E-state index contributed by atoms with van der Waals surface area (Å²) in [6.07, 6.45) is 1.78. The number of benzene rings is 1. The first kappa shape index (κ1) is 20.3. The minimum absolute atomic E-state index is 0. The smallest absolute Gasteiger partial charge is 0.231 e. The summed E-state index contributed by atoms with van der Waals surface area (Å²) in [7, 11) is 0. The number of amides is 1. The van der Waals surface area contributed by atoms with E-state index in [0.29, 0.717) is 23.8 Å². The molecule has 1 aliphatic heterocycles. The van der Waals surface area contributed by atoms with Gasteiger partial charge in [0.25, 0.3) is 0 Å². The molecule has 1 aromatic heterocycles. The molecule has 2 N–H and O–H groups in total. The Morgan fingerprint density at radius 3 is 2.69 bits per heavy atom. The maximum Gasteiger partial charge on any atom is 0.231 e. The number of carbonyl (C=O) groups is 1. The van der Waals surface area contributed by atoms with Crippen LogP contribution in [0.15, 0.2) is 28.8 Å². The highest BCUT2D eigenvalue weighted by atomic mass is 35.5. The van der Waals surface area contributed by atoms with Gasteiger partial charge < -0.3 is 15.2 Å². The number of rotatable bonds is 4. The van der Waals surface area contributed by atoms with Crippen LogP contribution in [-0.2, 0) is 4.79 Å². The number of likely N-dealkylation sites (tertiary alicyclic amines) is 1. The van der Waals surface area contributed by atoms with Gasteiger partial charge in [0.1, 0.15) is 5.82 Å². The van der Waals surface area contributed by atoms with Gasteiger partial charge in [-0.1, -0.05) is 12.1 Å². The van der Waals surface area contributed by atoms with E-state index in [9.17, 15) is 9.18 Å². The Kier molecular flexibility index (Phi) is 6.72. The molecule has 2 heterocycles. The van der Waals surface area contributed by atoms with E-state index in [2.05, 4.69) is 10.1 Å². The number of piperidine rings is 1. The average Bonchev–Trinajstić information content (AvgIpc) is 3.11. The van der Waals surface area contributed by atoms with E-state index < -0.39 is 0 Å². The van der Waals surface area contributed by atoms with E-state index in [1.165, 1.54) is 12.1 Å². The molecule has 0 spiro atoms. The fraction of sp³-hybridized carbons (Fsp3) is 0.500. The van der Waals surface area contributed by atoms with E-state index in [4.69, 9.17) is 10.3 Å². The van der Waals surface area contributed by atoms with Crippen LogP contribution in [0.25, 0.3) is 11.4 Å². The van der Waals surface area contributed by atoms with Crippen molar-refractivity contribution in [2.45, 2.75) is 38.6 Å². The lowest BCUT2D eigenvalue weighted by Crippen LogP contribution is -2.45. The molecule has 0 saturated carbocycles. The standard InChI is InChI=1S/C18H23FN4O2.ClH/c1-11(12(2)20)18(24)23-9-3-4-14(10-23)17-21-16(22-25-17)13-5-7-15(19)8-6-13;/h5-8,11-12,14H,3-4,9-10,20H2,1-2H3;1H. The first-order chi connectivity index (χ1) is 12.0. The van der Waals surface area contributed by atoms with E-state index in [1.807, 2.05) is 18.7 Å². The van der Waals surface area contributed by atoms with Gasteiger partial charge in [0.15, 0.2) is 0 Å². The maximum atomic E-state index is 13.0. The zero-order valence-electron chi connectivity index (χ0n) is 14.9. The summed E-state index contributed by atoms with van der Waals surface area (Å²) in [5.74, 6) is 0.513. The lowest BCUT2D eigenvalue weighted by molar-refractivity contribution is -0.136. The third-order valence-corrected chi connectivity index (χ3v) is 4.80. The summed E-state index contributed by atoms with van der Waals surface area (Å²) in [5, 5.41) is 3.99. The zero-order chi connectivity index (χ0) is 18.0. The molecule has 3 unspecified atom stereocenters. The Morgan fingerprint density at radius 1 is 1.35 bits per heavy atom. The first-order valence-corrected chi connectivity index (χ1v) is 8.59. The zero-order valence-corrected chi connectivity index (χ0v) is 15.7. The van der Waals surface area contributed by atoms with Crippen LogP contribution in [0.4, 0.5) is 4.39 Å². The fourth-order valence-electron chi connectivity index (χ4n) is 3.01. The molecule has 1 amide bonds. The molecule has 1 fully saturated rings. The Balaban J connectivity index is 0.00000243. The second-order valence-corrected chi connectivity index (χ2v) is 6.73. The average molecular weight is 383 g/mol. The molecule has 3 atom stereocenters. The van der Waals surface area contributed by atoms with Gasteiger partial charge in [-0.25, -0.2) is 4.39 Å². The van der Waals surface area contributed by atoms with Gasteiger partial charge in [-0.3, -0.25) is 4.79 Å². The van der Waals surface area contributed by atoms with Crippen LogP contribution in [0.5, 0.6) is 0 Å². The molecule has 2 aromatic rings. The van der Waals surface area contributed by atoms with Gasteiger partial charge in [-0.2, -0.15) is 4.98 Å². The Bertz CT molecular complexity index is 735. The largest absolute Gasteiger partial charge is 0.342 e. The highest BCUT2D eigenvalue weighted by Crippen LogP contribution is 2.28. The Morgan fingerprint density at radius 2 is 2.04 bits per heavy atom. The predicted molar refractivity (Wildman–Crippen MR) is 98.3 cm³/mol. The molecule has 6 nitrogen and oxygen atoms in total. The summed E-state index contributed by atoms with van der Waals surface area (Å²) in [5.41, 5.74) is 6.55. The van der Waals surface area contributed by atoms with Gasteiger partial charge in [-0.05, 0) is 44.0 Å². The van der Waals surface area contributed by atoms with E-state index in [0.717, 1.165) is 19.4 Å². The number of carbonyl (C=O) groups excluding carboxylic acids is 1. The second kappa shape index (κ2) is 8.60. The summed E-state index contributed by atoms with van der Waals surface area (Å²) in [6.45, 7) is 4.99. The Labute approximate surface area is 158 Å². The first-order valence-electron chi connectivity index (χ1n) is 8.59. The number of halogens is 2. The third-order valence-electron chi connectivity index (χ3n) is 4.80. The van der Waals surface area contributed by atoms with Crippen LogP contribution in [0, 0.1) is 11.7 Å². The highest BCUT2D eigenvalue weighted by Gasteiger charge is 2.31. The molecular weight excluding hydrogens is 359 g/mol. The summed E-state index contributed by atoms with van der Waals surface area (Å²) < 4.78 is 18.4. The van der Waals surface area contributed by atoms with Crippen molar-refractivity contribution in [3.05, 3.63) is 36.0 Å². The molecule has 1 aliphatic rings. The number of hydrogen-bond donors (Lipinski definition) is 1. The van der Waals surface area contributed by atoms with Crippen LogP contribution in [0.3, 0.4) is 0 Å². The van der Waals surface area contributed by atoms with Gasteiger partial charge >= 0.3 is 0 Å². The molecule has 1 saturated heterocycles. The quantitative estimate of drug-likeness (QED) is 0.878. The molecule has 1 aromatic carbocycles. The van der Waals surface area contributed by atoms with E-state index >= 15 is 0 Å². The normalized spacial score (nSPS) is 19.5. The monoisotopic (exact) mass is 382 g/mol. The number of nitrogens with zero attached hydrogens (tertiary/aromatic N) is 3. The second-order valence-electron chi connectivity index (χ2n) is 6.73. The van der Waals surface area contributed by atoms with Crippen LogP contribution < -0.4 is 5.73 Å². The molecule has 8 heteroatoms. The van der Waals surface area contributed by atoms with Crippen molar-refractivity contribution in [3.8, 4) is 11.4 Å². The van der Waals surface area contributed by atoms with Crippen LogP contribution >= 0.6 is 12.4 Å².